The first-order valence-corrected chi connectivity index (χ1v) is 8.12. The van der Waals surface area contributed by atoms with Crippen LogP contribution in [0.4, 0.5) is 0 Å². The summed E-state index contributed by atoms with van der Waals surface area (Å²) in [7, 11) is 0. The molecule has 0 spiro atoms. The summed E-state index contributed by atoms with van der Waals surface area (Å²) in [6, 6.07) is 16.9. The molecule has 0 saturated heterocycles. The molecule has 0 amide bonds. The Bertz CT molecular complexity index is 1230. The van der Waals surface area contributed by atoms with Gasteiger partial charge in [0.15, 0.2) is 5.65 Å². The number of pyridine rings is 1. The quantitative estimate of drug-likeness (QED) is 0.280. The Morgan fingerprint density at radius 1 is 0.739 bits per heavy atom. The number of fused-ring (bicyclic) bond motifs is 6. The van der Waals surface area contributed by atoms with Crippen LogP contribution >= 0.6 is 15.9 Å². The Kier molecular flexibility index (Phi) is 2.64. The zero-order valence-corrected chi connectivity index (χ0v) is 13.6. The maximum atomic E-state index is 4.64. The van der Waals surface area contributed by atoms with Crippen LogP contribution in [-0.2, 0) is 0 Å². The Morgan fingerprint density at radius 3 is 2.57 bits per heavy atom. The fourth-order valence-electron chi connectivity index (χ4n) is 3.19. The monoisotopic (exact) mass is 359 g/mol. The van der Waals surface area contributed by atoms with E-state index in [2.05, 4.69) is 79.4 Å². The molecule has 4 heteroatoms. The van der Waals surface area contributed by atoms with Crippen LogP contribution in [0, 0.1) is 0 Å². The van der Waals surface area contributed by atoms with Gasteiger partial charge in [-0.2, -0.15) is 0 Å². The molecule has 0 radical (unpaired) electrons. The van der Waals surface area contributed by atoms with Gasteiger partial charge >= 0.3 is 0 Å². The Morgan fingerprint density at radius 2 is 1.61 bits per heavy atom. The summed E-state index contributed by atoms with van der Waals surface area (Å²) in [5.74, 6) is 0. The molecule has 0 aliphatic carbocycles. The lowest BCUT2D eigenvalue weighted by atomic mass is 9.99. The van der Waals surface area contributed by atoms with Gasteiger partial charge in [-0.15, -0.1) is 0 Å². The zero-order valence-electron chi connectivity index (χ0n) is 12.0. The van der Waals surface area contributed by atoms with E-state index >= 15 is 0 Å². The predicted molar refractivity (Wildman–Crippen MR) is 97.6 cm³/mol. The third-order valence-electron chi connectivity index (χ3n) is 4.22. The smallest absolute Gasteiger partial charge is 0.178 e. The average molecular weight is 360 g/mol. The SMILES string of the molecule is Brc1cccc2ccc3c4cc5nccnc5nc4ccc3c12. The standard InChI is InChI=1S/C19H10BrN3/c20-15-3-1-2-11-4-5-12-13(18(11)15)6-7-16-14(12)10-17-19(23-16)22-9-8-21-17/h1-10H. The second kappa shape index (κ2) is 4.70. The number of hydrogen-bond donors (Lipinski definition) is 0. The Hall–Kier alpha value is -2.59. The molecule has 5 aromatic rings. The van der Waals surface area contributed by atoms with Crippen LogP contribution in [0.1, 0.15) is 0 Å². The molecule has 5 rings (SSSR count). The van der Waals surface area contributed by atoms with Crippen molar-refractivity contribution in [3.05, 3.63) is 65.4 Å². The van der Waals surface area contributed by atoms with Gasteiger partial charge in [0.2, 0.25) is 0 Å². The first kappa shape index (κ1) is 12.9. The highest BCUT2D eigenvalue weighted by molar-refractivity contribution is 9.10. The van der Waals surface area contributed by atoms with Crippen molar-refractivity contribution in [3.63, 3.8) is 0 Å². The lowest BCUT2D eigenvalue weighted by Crippen LogP contribution is -1.89. The van der Waals surface area contributed by atoms with Crippen molar-refractivity contribution in [2.24, 2.45) is 0 Å². The third-order valence-corrected chi connectivity index (χ3v) is 4.88. The van der Waals surface area contributed by atoms with Gasteiger partial charge in [-0.3, -0.25) is 4.98 Å². The van der Waals surface area contributed by atoms with Gasteiger partial charge in [0.25, 0.3) is 0 Å². The normalized spacial score (nSPS) is 11.7. The average Bonchev–Trinajstić information content (AvgIpc) is 2.59. The topological polar surface area (TPSA) is 38.7 Å². The zero-order chi connectivity index (χ0) is 15.4. The van der Waals surface area contributed by atoms with Crippen molar-refractivity contribution in [2.45, 2.75) is 0 Å². The first-order valence-electron chi connectivity index (χ1n) is 7.33. The van der Waals surface area contributed by atoms with E-state index in [1.54, 1.807) is 12.4 Å². The van der Waals surface area contributed by atoms with Crippen LogP contribution in [0.3, 0.4) is 0 Å². The summed E-state index contributed by atoms with van der Waals surface area (Å²) in [4.78, 5) is 13.3. The highest BCUT2D eigenvalue weighted by atomic mass is 79.9. The number of hydrogen-bond acceptors (Lipinski definition) is 3. The van der Waals surface area contributed by atoms with Gasteiger partial charge in [0.1, 0.15) is 5.52 Å². The lowest BCUT2D eigenvalue weighted by molar-refractivity contribution is 1.25. The summed E-state index contributed by atoms with van der Waals surface area (Å²) in [6.07, 6.45) is 3.37. The largest absolute Gasteiger partial charge is 0.251 e. The van der Waals surface area contributed by atoms with Crippen LogP contribution in [0.15, 0.2) is 65.4 Å². The van der Waals surface area contributed by atoms with Crippen molar-refractivity contribution in [1.29, 1.82) is 0 Å². The molecule has 0 aliphatic rings. The lowest BCUT2D eigenvalue weighted by Gasteiger charge is -2.09. The molecule has 3 aromatic carbocycles. The number of benzene rings is 3. The van der Waals surface area contributed by atoms with E-state index < -0.39 is 0 Å². The van der Waals surface area contributed by atoms with Gasteiger partial charge in [-0.25, -0.2) is 9.97 Å². The molecule has 0 unspecified atom stereocenters. The van der Waals surface area contributed by atoms with Crippen molar-refractivity contribution >= 4 is 59.5 Å². The van der Waals surface area contributed by atoms with E-state index in [-0.39, 0.29) is 0 Å². The summed E-state index contributed by atoms with van der Waals surface area (Å²) in [5.41, 5.74) is 2.44. The van der Waals surface area contributed by atoms with Crippen LogP contribution in [0.2, 0.25) is 0 Å². The molecule has 108 valence electrons. The molecule has 23 heavy (non-hydrogen) atoms. The van der Waals surface area contributed by atoms with E-state index in [4.69, 9.17) is 0 Å². The van der Waals surface area contributed by atoms with Crippen LogP contribution in [0.25, 0.3) is 43.6 Å². The van der Waals surface area contributed by atoms with Gasteiger partial charge in [0.05, 0.1) is 5.52 Å². The second-order valence-electron chi connectivity index (χ2n) is 5.52. The minimum Gasteiger partial charge on any atom is -0.251 e. The molecule has 2 heterocycles. The minimum atomic E-state index is 0.682. The Labute approximate surface area is 140 Å². The highest BCUT2D eigenvalue weighted by Crippen LogP contribution is 2.35. The van der Waals surface area contributed by atoms with Crippen molar-refractivity contribution in [3.8, 4) is 0 Å². The first-order chi connectivity index (χ1) is 11.3. The van der Waals surface area contributed by atoms with E-state index in [0.29, 0.717) is 5.65 Å². The second-order valence-corrected chi connectivity index (χ2v) is 6.37. The van der Waals surface area contributed by atoms with Gasteiger partial charge < -0.3 is 0 Å². The molecule has 0 aliphatic heterocycles. The fraction of sp³-hybridized carbons (Fsp3) is 0. The number of halogens is 1. The van der Waals surface area contributed by atoms with Crippen LogP contribution < -0.4 is 0 Å². The molecule has 0 N–H and O–H groups in total. The molecular formula is C19H10BrN3. The third kappa shape index (κ3) is 1.85. The summed E-state index contributed by atoms with van der Waals surface area (Å²) < 4.78 is 1.11. The Balaban J connectivity index is 2.03. The van der Waals surface area contributed by atoms with Gasteiger partial charge in [0, 0.05) is 27.6 Å². The van der Waals surface area contributed by atoms with Crippen LogP contribution in [-0.4, -0.2) is 15.0 Å². The summed E-state index contributed by atoms with van der Waals surface area (Å²) >= 11 is 3.68. The van der Waals surface area contributed by atoms with E-state index in [0.717, 1.165) is 20.9 Å². The highest BCUT2D eigenvalue weighted by Gasteiger charge is 2.09. The number of rotatable bonds is 0. The molecule has 0 fully saturated rings. The van der Waals surface area contributed by atoms with Crippen LogP contribution in [0.5, 0.6) is 0 Å². The van der Waals surface area contributed by atoms with Gasteiger partial charge in [-0.1, -0.05) is 46.3 Å². The molecule has 0 atom stereocenters. The minimum absolute atomic E-state index is 0.682. The maximum absolute atomic E-state index is 4.64. The van der Waals surface area contributed by atoms with Crippen molar-refractivity contribution in [1.82, 2.24) is 15.0 Å². The molecule has 2 aromatic heterocycles. The predicted octanol–water partition coefficient (Wildman–Crippen LogP) is 5.25. The number of nitrogens with zero attached hydrogens (tertiary/aromatic N) is 3. The maximum Gasteiger partial charge on any atom is 0.178 e. The summed E-state index contributed by atoms with van der Waals surface area (Å²) in [6.45, 7) is 0. The fourth-order valence-corrected chi connectivity index (χ4v) is 3.78. The van der Waals surface area contributed by atoms with Gasteiger partial charge in [-0.05, 0) is 34.4 Å². The van der Waals surface area contributed by atoms with E-state index in [9.17, 15) is 0 Å². The molecule has 0 saturated carbocycles. The van der Waals surface area contributed by atoms with Crippen molar-refractivity contribution in [2.75, 3.05) is 0 Å². The summed E-state index contributed by atoms with van der Waals surface area (Å²) in [5, 5.41) is 5.95. The molecular weight excluding hydrogens is 350 g/mol. The van der Waals surface area contributed by atoms with E-state index in [1.165, 1.54) is 21.5 Å². The number of aromatic nitrogens is 3. The molecule has 3 nitrogen and oxygen atoms in total. The van der Waals surface area contributed by atoms with E-state index in [1.807, 2.05) is 0 Å². The molecule has 0 bridgehead atoms. The van der Waals surface area contributed by atoms with Crippen molar-refractivity contribution < 1.29 is 0 Å².